The number of nitrogens with one attached hydrogen (secondary N) is 1. The predicted octanol–water partition coefficient (Wildman–Crippen LogP) is 3.91. The van der Waals surface area contributed by atoms with Gasteiger partial charge in [-0.3, -0.25) is 20.0 Å². The third kappa shape index (κ3) is 15.5. The molecule has 0 radical (unpaired) electrons. The van der Waals surface area contributed by atoms with Crippen LogP contribution < -0.4 is 14.8 Å². The number of benzene rings is 2. The first-order valence-corrected chi connectivity index (χ1v) is 17.4. The molecule has 1 amide bonds. The standard InChI is InChI=1S/C37H52N2O12/c1-48-34-23-27(37(45)49-21-9-10-22-50-39(46)47)16-20-33(34)51-36(44)25-38-35(43)14-8-3-2-7-13-29-30(32(42)24-31(29)41)19-18-28(40)17-15-26-11-5-4-6-12-26/h2,4-7,11-12,16,20,23,28-32,40-42,46-47H,3,8-10,13-15,17-19,21-22,24-25H2,1H3,(H,38,43)/b7-2-/t28-,29+,30+,31-,32+/m0/s1. The summed E-state index contributed by atoms with van der Waals surface area (Å²) in [5, 5.41) is 50.7. The first kappa shape index (κ1) is 41.5. The first-order valence-electron chi connectivity index (χ1n) is 17.4. The topological polar surface area (TPSA) is 205 Å². The molecule has 14 heteroatoms. The number of carbonyl (C=O) groups is 3. The summed E-state index contributed by atoms with van der Waals surface area (Å²) >= 11 is 0. The van der Waals surface area contributed by atoms with Crippen molar-refractivity contribution in [1.29, 1.82) is 0 Å². The summed E-state index contributed by atoms with van der Waals surface area (Å²) in [6, 6.07) is 14.2. The monoisotopic (exact) mass is 716 g/mol. The van der Waals surface area contributed by atoms with Gasteiger partial charge in [0, 0.05) is 6.42 Å². The van der Waals surface area contributed by atoms with E-state index in [4.69, 9.17) is 24.6 Å². The third-order valence-corrected chi connectivity index (χ3v) is 8.84. The van der Waals surface area contributed by atoms with Crippen LogP contribution in [0.5, 0.6) is 11.5 Å². The molecule has 0 bridgehead atoms. The Labute approximate surface area is 298 Å². The van der Waals surface area contributed by atoms with Crippen molar-refractivity contribution in [2.24, 2.45) is 11.8 Å². The van der Waals surface area contributed by atoms with Gasteiger partial charge in [-0.25, -0.2) is 9.59 Å². The minimum atomic E-state index is -0.723. The molecule has 1 aliphatic rings. The molecule has 3 rings (SSSR count). The van der Waals surface area contributed by atoms with Gasteiger partial charge < -0.3 is 34.8 Å². The molecule has 5 atom stereocenters. The molecule has 1 fully saturated rings. The number of amides is 1. The van der Waals surface area contributed by atoms with Gasteiger partial charge >= 0.3 is 11.9 Å². The smallest absolute Gasteiger partial charge is 0.338 e. The maximum Gasteiger partial charge on any atom is 0.338 e. The van der Waals surface area contributed by atoms with Crippen molar-refractivity contribution < 1.29 is 59.2 Å². The second kappa shape index (κ2) is 22.8. The van der Waals surface area contributed by atoms with Gasteiger partial charge in [0.2, 0.25) is 5.91 Å². The highest BCUT2D eigenvalue weighted by Crippen LogP contribution is 2.38. The van der Waals surface area contributed by atoms with Crippen molar-refractivity contribution in [1.82, 2.24) is 10.7 Å². The Morgan fingerprint density at radius 1 is 0.941 bits per heavy atom. The number of allylic oxidation sites excluding steroid dienone is 2. The lowest BCUT2D eigenvalue weighted by Gasteiger charge is -2.23. The number of aryl methyl sites for hydroxylation is 1. The van der Waals surface area contributed by atoms with Crippen LogP contribution in [-0.4, -0.2) is 94.1 Å². The SMILES string of the molecule is COc1cc(C(=O)OCCCCON(O)O)ccc1OC(=O)CNC(=O)CCC/C=C\C[C@@H]1[C@@H](CC[C@@H](O)CCc2ccccc2)[C@H](O)C[C@@H]1O. The Morgan fingerprint density at radius 2 is 1.69 bits per heavy atom. The Bertz CT molecular complexity index is 1370. The zero-order valence-electron chi connectivity index (χ0n) is 29.1. The maximum absolute atomic E-state index is 12.4. The van der Waals surface area contributed by atoms with Gasteiger partial charge in [-0.15, -0.1) is 0 Å². The van der Waals surface area contributed by atoms with Gasteiger partial charge in [0.25, 0.3) is 0 Å². The molecule has 1 saturated carbocycles. The molecule has 6 N–H and O–H groups in total. The number of unbranched alkanes of at least 4 members (excludes halogenated alkanes) is 2. The zero-order valence-corrected chi connectivity index (χ0v) is 29.1. The highest BCUT2D eigenvalue weighted by Gasteiger charge is 2.40. The second-order valence-electron chi connectivity index (χ2n) is 12.6. The van der Waals surface area contributed by atoms with Crippen LogP contribution in [0.15, 0.2) is 60.7 Å². The second-order valence-corrected chi connectivity index (χ2v) is 12.6. The Balaban J connectivity index is 1.31. The third-order valence-electron chi connectivity index (χ3n) is 8.84. The molecule has 2 aromatic rings. The van der Waals surface area contributed by atoms with Crippen LogP contribution >= 0.6 is 0 Å². The largest absolute Gasteiger partial charge is 0.493 e. The number of esters is 2. The number of aliphatic hydroxyl groups excluding tert-OH is 3. The number of nitrogens with zero attached hydrogens (tertiary/aromatic N) is 1. The van der Waals surface area contributed by atoms with E-state index in [1.54, 1.807) is 0 Å². The molecule has 1 aliphatic carbocycles. The highest BCUT2D eigenvalue weighted by atomic mass is 17.1. The lowest BCUT2D eigenvalue weighted by Crippen LogP contribution is -2.31. The van der Waals surface area contributed by atoms with Gasteiger partial charge in [0.1, 0.15) is 6.54 Å². The molecule has 0 spiro atoms. The lowest BCUT2D eigenvalue weighted by atomic mass is 9.85. The minimum absolute atomic E-state index is 0.0293. The Hall–Kier alpha value is -3.89. The number of rotatable bonds is 23. The number of hydrogen-bond donors (Lipinski definition) is 6. The minimum Gasteiger partial charge on any atom is -0.493 e. The van der Waals surface area contributed by atoms with Crippen LogP contribution in [0.25, 0.3) is 0 Å². The van der Waals surface area contributed by atoms with Crippen LogP contribution in [0, 0.1) is 11.8 Å². The van der Waals surface area contributed by atoms with Gasteiger partial charge in [-0.05, 0) is 99.8 Å². The highest BCUT2D eigenvalue weighted by molar-refractivity contribution is 5.90. The molecule has 0 aromatic heterocycles. The molecule has 0 saturated heterocycles. The molecule has 0 aliphatic heterocycles. The van der Waals surface area contributed by atoms with E-state index < -0.39 is 30.3 Å². The van der Waals surface area contributed by atoms with Crippen LogP contribution in [0.1, 0.15) is 80.1 Å². The molecule has 2 aromatic carbocycles. The number of ether oxygens (including phenoxy) is 3. The summed E-state index contributed by atoms with van der Waals surface area (Å²) in [7, 11) is 1.35. The van der Waals surface area contributed by atoms with Crippen molar-refractivity contribution in [2.45, 2.75) is 88.9 Å². The van der Waals surface area contributed by atoms with Crippen molar-refractivity contribution in [3.05, 3.63) is 71.8 Å². The van der Waals surface area contributed by atoms with Gasteiger partial charge in [0.15, 0.2) is 11.5 Å². The van der Waals surface area contributed by atoms with Crippen LogP contribution in [0.3, 0.4) is 0 Å². The van der Waals surface area contributed by atoms with E-state index >= 15 is 0 Å². The van der Waals surface area contributed by atoms with Crippen LogP contribution in [-0.2, 0) is 25.6 Å². The Kier molecular flexibility index (Phi) is 18.6. The van der Waals surface area contributed by atoms with E-state index in [1.165, 1.54) is 30.9 Å². The van der Waals surface area contributed by atoms with Gasteiger partial charge in [0.05, 0.1) is 49.6 Å². The van der Waals surface area contributed by atoms with Crippen molar-refractivity contribution in [3.63, 3.8) is 0 Å². The molecular formula is C37H52N2O12. The fourth-order valence-corrected chi connectivity index (χ4v) is 6.06. The molecule has 14 nitrogen and oxygen atoms in total. The zero-order chi connectivity index (χ0) is 37.0. The summed E-state index contributed by atoms with van der Waals surface area (Å²) < 4.78 is 15.7. The average molecular weight is 717 g/mol. The summed E-state index contributed by atoms with van der Waals surface area (Å²) in [6.07, 6.45) is 8.04. The van der Waals surface area contributed by atoms with Crippen molar-refractivity contribution >= 4 is 17.8 Å². The van der Waals surface area contributed by atoms with Crippen LogP contribution in [0.4, 0.5) is 0 Å². The molecule has 51 heavy (non-hydrogen) atoms. The van der Waals surface area contributed by atoms with Crippen LogP contribution in [0.2, 0.25) is 0 Å². The van der Waals surface area contributed by atoms with E-state index in [9.17, 15) is 29.7 Å². The number of carbonyl (C=O) groups excluding carboxylic acids is 3. The van der Waals surface area contributed by atoms with E-state index in [2.05, 4.69) is 10.2 Å². The van der Waals surface area contributed by atoms with E-state index in [0.717, 1.165) is 6.42 Å². The predicted molar refractivity (Wildman–Crippen MR) is 184 cm³/mol. The quantitative estimate of drug-likeness (QED) is 0.0318. The van der Waals surface area contributed by atoms with E-state index in [0.29, 0.717) is 57.8 Å². The van der Waals surface area contributed by atoms with Crippen molar-refractivity contribution in [2.75, 3.05) is 26.9 Å². The number of aliphatic hydroxyl groups is 3. The van der Waals surface area contributed by atoms with E-state index in [1.807, 2.05) is 42.5 Å². The molecule has 282 valence electrons. The fourth-order valence-electron chi connectivity index (χ4n) is 6.06. The normalized spacial score (nSPS) is 19.3. The number of hydrogen-bond acceptors (Lipinski definition) is 13. The number of methoxy groups -OCH3 is 1. The van der Waals surface area contributed by atoms with Crippen molar-refractivity contribution in [3.8, 4) is 11.5 Å². The van der Waals surface area contributed by atoms with E-state index in [-0.39, 0.29) is 66.4 Å². The summed E-state index contributed by atoms with van der Waals surface area (Å²) in [6.45, 7) is -0.255. The lowest BCUT2D eigenvalue weighted by molar-refractivity contribution is -0.492. The van der Waals surface area contributed by atoms with Gasteiger partial charge in [-0.1, -0.05) is 42.5 Å². The maximum atomic E-state index is 12.4. The first-order chi connectivity index (χ1) is 24.6. The fraction of sp³-hybridized carbons (Fsp3) is 0.541. The summed E-state index contributed by atoms with van der Waals surface area (Å²) in [4.78, 5) is 41.4. The molecule has 0 unspecified atom stereocenters. The average Bonchev–Trinajstić information content (AvgIpc) is 3.39. The summed E-state index contributed by atoms with van der Waals surface area (Å²) in [5.41, 5.74) is 1.35. The molecular weight excluding hydrogens is 664 g/mol. The summed E-state index contributed by atoms with van der Waals surface area (Å²) in [5.74, 6) is -1.66. The Morgan fingerprint density at radius 3 is 2.43 bits per heavy atom. The molecule has 0 heterocycles. The van der Waals surface area contributed by atoms with Gasteiger partial charge in [-0.2, -0.15) is 0 Å².